The highest BCUT2D eigenvalue weighted by Crippen LogP contribution is 2.31. The molecule has 2 heteroatoms. The van der Waals surface area contributed by atoms with Gasteiger partial charge in [0.15, 0.2) is 0 Å². The summed E-state index contributed by atoms with van der Waals surface area (Å²) in [6.45, 7) is 2.08. The minimum absolute atomic E-state index is 0.230. The van der Waals surface area contributed by atoms with Gasteiger partial charge in [-0.05, 0) is 61.8 Å². The maximum atomic E-state index is 5.94. The number of H-pyrrole nitrogens is 1. The van der Waals surface area contributed by atoms with E-state index in [9.17, 15) is 0 Å². The van der Waals surface area contributed by atoms with Crippen LogP contribution in [0.2, 0.25) is 0 Å². The highest BCUT2D eigenvalue weighted by molar-refractivity contribution is 5.88. The summed E-state index contributed by atoms with van der Waals surface area (Å²) in [6, 6.07) is 4.75. The molecule has 0 fully saturated rings. The molecule has 0 amide bonds. The van der Waals surface area contributed by atoms with Crippen molar-refractivity contribution in [2.75, 3.05) is 0 Å². The molecular formula is C15H20N2. The Labute approximate surface area is 102 Å². The van der Waals surface area contributed by atoms with E-state index in [1.54, 1.807) is 11.1 Å². The molecule has 3 rings (SSSR count). The van der Waals surface area contributed by atoms with Crippen LogP contribution < -0.4 is 5.73 Å². The smallest absolute Gasteiger partial charge is 0.0459 e. The fourth-order valence-electron chi connectivity index (χ4n) is 3.06. The zero-order chi connectivity index (χ0) is 11.8. The summed E-state index contributed by atoms with van der Waals surface area (Å²) in [5.41, 5.74) is 11.7. The van der Waals surface area contributed by atoms with Crippen LogP contribution in [0.25, 0.3) is 10.9 Å². The van der Waals surface area contributed by atoms with Crippen LogP contribution in [0.5, 0.6) is 0 Å². The van der Waals surface area contributed by atoms with Crippen molar-refractivity contribution in [3.05, 3.63) is 35.0 Å². The molecule has 0 radical (unpaired) electrons. The molecule has 0 saturated heterocycles. The first-order valence-electron chi connectivity index (χ1n) is 6.62. The lowest BCUT2D eigenvalue weighted by Gasteiger charge is -2.17. The van der Waals surface area contributed by atoms with Crippen LogP contribution in [0, 0.1) is 0 Å². The van der Waals surface area contributed by atoms with Gasteiger partial charge in [0.05, 0.1) is 0 Å². The Morgan fingerprint density at radius 2 is 2.12 bits per heavy atom. The Hall–Kier alpha value is -1.28. The molecule has 2 aromatic rings. The average Bonchev–Trinajstić information content (AvgIpc) is 2.72. The molecule has 0 aliphatic heterocycles. The molecule has 1 unspecified atom stereocenters. The number of nitrogens with two attached hydrogens (primary N) is 1. The topological polar surface area (TPSA) is 41.8 Å². The van der Waals surface area contributed by atoms with Crippen LogP contribution in [0.4, 0.5) is 0 Å². The summed E-state index contributed by atoms with van der Waals surface area (Å²) in [5, 5.41) is 1.46. The van der Waals surface area contributed by atoms with E-state index in [-0.39, 0.29) is 6.04 Å². The Balaban J connectivity index is 2.17. The van der Waals surface area contributed by atoms with Gasteiger partial charge in [-0.15, -0.1) is 0 Å². The van der Waals surface area contributed by atoms with Gasteiger partial charge in [0.1, 0.15) is 0 Å². The third kappa shape index (κ3) is 1.87. The minimum atomic E-state index is 0.230. The summed E-state index contributed by atoms with van der Waals surface area (Å²) in [4.78, 5) is 3.39. The van der Waals surface area contributed by atoms with Crippen LogP contribution in [0.1, 0.15) is 36.5 Å². The first-order valence-corrected chi connectivity index (χ1v) is 6.62. The van der Waals surface area contributed by atoms with E-state index in [4.69, 9.17) is 5.73 Å². The fourth-order valence-corrected chi connectivity index (χ4v) is 3.06. The van der Waals surface area contributed by atoms with Gasteiger partial charge in [-0.25, -0.2) is 0 Å². The molecular weight excluding hydrogens is 208 g/mol. The van der Waals surface area contributed by atoms with Gasteiger partial charge in [-0.3, -0.25) is 0 Å². The van der Waals surface area contributed by atoms with Gasteiger partial charge in [0.25, 0.3) is 0 Å². The number of aromatic amines is 1. The Morgan fingerprint density at radius 3 is 2.94 bits per heavy atom. The molecule has 1 atom stereocenters. The number of benzene rings is 1. The second-order valence-electron chi connectivity index (χ2n) is 5.33. The van der Waals surface area contributed by atoms with Gasteiger partial charge in [0, 0.05) is 23.1 Å². The number of hydrogen-bond acceptors (Lipinski definition) is 1. The monoisotopic (exact) mass is 228 g/mol. The summed E-state index contributed by atoms with van der Waals surface area (Å²) < 4.78 is 0. The van der Waals surface area contributed by atoms with E-state index in [2.05, 4.69) is 30.2 Å². The largest absolute Gasteiger partial charge is 0.361 e. The minimum Gasteiger partial charge on any atom is -0.361 e. The van der Waals surface area contributed by atoms with E-state index < -0.39 is 0 Å². The highest BCUT2D eigenvalue weighted by atomic mass is 14.7. The van der Waals surface area contributed by atoms with Gasteiger partial charge in [0.2, 0.25) is 0 Å². The number of aryl methyl sites for hydroxylation is 2. The van der Waals surface area contributed by atoms with Crippen molar-refractivity contribution in [3.8, 4) is 0 Å². The van der Waals surface area contributed by atoms with E-state index in [0.717, 1.165) is 6.42 Å². The second kappa shape index (κ2) is 4.19. The summed E-state index contributed by atoms with van der Waals surface area (Å²) in [5.74, 6) is 0. The first kappa shape index (κ1) is 10.8. The molecule has 1 aromatic heterocycles. The van der Waals surface area contributed by atoms with Crippen LogP contribution in [0.3, 0.4) is 0 Å². The SMILES string of the molecule is CC(N)Cc1c[nH]c2ccc3c(c12)CCCC3. The molecule has 2 nitrogen and oxygen atoms in total. The molecule has 17 heavy (non-hydrogen) atoms. The standard InChI is InChI=1S/C15H20N2/c1-10(16)8-12-9-17-14-7-6-11-4-2-3-5-13(11)15(12)14/h6-7,9-10,17H,2-5,8,16H2,1H3. The van der Waals surface area contributed by atoms with Crippen LogP contribution >= 0.6 is 0 Å². The third-order valence-corrected chi connectivity index (χ3v) is 3.80. The lowest BCUT2D eigenvalue weighted by atomic mass is 9.87. The average molecular weight is 228 g/mol. The van der Waals surface area contributed by atoms with Crippen molar-refractivity contribution in [3.63, 3.8) is 0 Å². The Bertz CT molecular complexity index is 537. The fraction of sp³-hybridized carbons (Fsp3) is 0.467. The van der Waals surface area contributed by atoms with Crippen molar-refractivity contribution in [2.24, 2.45) is 5.73 Å². The van der Waals surface area contributed by atoms with Crippen LogP contribution in [0.15, 0.2) is 18.3 Å². The van der Waals surface area contributed by atoms with Gasteiger partial charge < -0.3 is 10.7 Å². The van der Waals surface area contributed by atoms with Crippen molar-refractivity contribution in [1.29, 1.82) is 0 Å². The predicted molar refractivity (Wildman–Crippen MR) is 72.3 cm³/mol. The summed E-state index contributed by atoms with van der Waals surface area (Å²) >= 11 is 0. The molecule has 90 valence electrons. The van der Waals surface area contributed by atoms with Gasteiger partial charge >= 0.3 is 0 Å². The number of aromatic nitrogens is 1. The quantitative estimate of drug-likeness (QED) is 0.815. The molecule has 1 aliphatic rings. The maximum Gasteiger partial charge on any atom is 0.0459 e. The Kier molecular flexibility index (Phi) is 2.67. The normalized spacial score (nSPS) is 17.1. The van der Waals surface area contributed by atoms with E-state index >= 15 is 0 Å². The van der Waals surface area contributed by atoms with Gasteiger partial charge in [-0.1, -0.05) is 6.07 Å². The van der Waals surface area contributed by atoms with Gasteiger partial charge in [-0.2, -0.15) is 0 Å². The molecule has 0 saturated carbocycles. The lowest BCUT2D eigenvalue weighted by molar-refractivity contribution is 0.688. The van der Waals surface area contributed by atoms with Crippen molar-refractivity contribution in [2.45, 2.75) is 45.1 Å². The molecule has 0 bridgehead atoms. The number of fused-ring (bicyclic) bond motifs is 3. The van der Waals surface area contributed by atoms with Crippen LogP contribution in [-0.2, 0) is 19.3 Å². The zero-order valence-electron chi connectivity index (χ0n) is 10.4. The molecule has 3 N–H and O–H groups in total. The molecule has 1 aliphatic carbocycles. The van der Waals surface area contributed by atoms with Crippen molar-refractivity contribution in [1.82, 2.24) is 4.98 Å². The number of nitrogens with one attached hydrogen (secondary N) is 1. The molecule has 1 aromatic carbocycles. The van der Waals surface area contributed by atoms with Crippen molar-refractivity contribution < 1.29 is 0 Å². The highest BCUT2D eigenvalue weighted by Gasteiger charge is 2.16. The predicted octanol–water partition coefficient (Wildman–Crippen LogP) is 2.94. The van der Waals surface area contributed by atoms with E-state index in [1.807, 2.05) is 0 Å². The summed E-state index contributed by atoms with van der Waals surface area (Å²) in [7, 11) is 0. The van der Waals surface area contributed by atoms with Crippen molar-refractivity contribution >= 4 is 10.9 Å². The van der Waals surface area contributed by atoms with E-state index in [0.29, 0.717) is 0 Å². The maximum absolute atomic E-state index is 5.94. The molecule has 0 spiro atoms. The number of hydrogen-bond donors (Lipinski definition) is 2. The second-order valence-corrected chi connectivity index (χ2v) is 5.33. The number of rotatable bonds is 2. The first-order chi connectivity index (χ1) is 8.25. The summed E-state index contributed by atoms with van der Waals surface area (Å²) in [6.07, 6.45) is 8.25. The Morgan fingerprint density at radius 1 is 1.29 bits per heavy atom. The van der Waals surface area contributed by atoms with E-state index in [1.165, 1.54) is 42.1 Å². The lowest BCUT2D eigenvalue weighted by Crippen LogP contribution is -2.17. The molecule has 1 heterocycles. The third-order valence-electron chi connectivity index (χ3n) is 3.80. The van der Waals surface area contributed by atoms with Crippen LogP contribution in [-0.4, -0.2) is 11.0 Å². The zero-order valence-corrected chi connectivity index (χ0v) is 10.4.